The Hall–Kier alpha value is -0.445. The van der Waals surface area contributed by atoms with Crippen molar-refractivity contribution in [1.82, 2.24) is 0 Å². The average molecular weight is 158 g/mol. The van der Waals surface area contributed by atoms with Crippen LogP contribution in [0.2, 0.25) is 0 Å². The Morgan fingerprint density at radius 1 is 1.40 bits per heavy atom. The molecule has 2 nitrogen and oxygen atoms in total. The van der Waals surface area contributed by atoms with Crippen LogP contribution in [-0.2, 0) is 0 Å². The molecule has 0 heterocycles. The number of hydrogen-bond donors (Lipinski definition) is 3. The summed E-state index contributed by atoms with van der Waals surface area (Å²) in [6, 6.07) is -1.80. The van der Waals surface area contributed by atoms with E-state index in [2.05, 4.69) is 12.6 Å². The molecule has 0 saturated carbocycles. The van der Waals surface area contributed by atoms with Crippen molar-refractivity contribution in [2.75, 3.05) is 0 Å². The number of benzene rings is 1. The molecule has 2 N–H and O–H groups in total. The molecule has 1 aromatic rings. The summed E-state index contributed by atoms with van der Waals surface area (Å²) in [4.78, 5) is -0.147. The first-order valence-electron chi connectivity index (χ1n) is 4.53. The Kier molecular flexibility index (Phi) is 1.18. The van der Waals surface area contributed by atoms with E-state index in [1.807, 2.05) is 0 Å². The molecule has 0 aliphatic carbocycles. The van der Waals surface area contributed by atoms with E-state index in [0.717, 1.165) is 0 Å². The fraction of sp³-hybridized carbons (Fsp3) is 0. The van der Waals surface area contributed by atoms with Gasteiger partial charge in [0.25, 0.3) is 0 Å². The number of rotatable bonds is 1. The van der Waals surface area contributed by atoms with Crippen molar-refractivity contribution < 1.29 is 15.5 Å². The molecule has 0 aromatic heterocycles. The van der Waals surface area contributed by atoms with E-state index in [9.17, 15) is 0 Å². The smallest absolute Gasteiger partial charge is 0.423 e. The normalized spacial score (nSPS) is 15.1. The third-order valence-corrected chi connectivity index (χ3v) is 1.31. The van der Waals surface area contributed by atoms with Gasteiger partial charge in [-0.05, 0) is 11.5 Å². The molecule has 0 bridgehead atoms. The highest BCUT2D eigenvalue weighted by molar-refractivity contribution is 7.80. The van der Waals surface area contributed by atoms with E-state index in [-0.39, 0.29) is 16.4 Å². The highest BCUT2D eigenvalue weighted by Crippen LogP contribution is 2.00. The van der Waals surface area contributed by atoms with Gasteiger partial charge in [0.15, 0.2) is 0 Å². The molecule has 0 unspecified atom stereocenters. The lowest BCUT2D eigenvalue weighted by molar-refractivity contribution is 0.425. The van der Waals surface area contributed by atoms with E-state index in [1.165, 1.54) is 0 Å². The van der Waals surface area contributed by atoms with Crippen LogP contribution < -0.4 is 5.46 Å². The van der Waals surface area contributed by atoms with Gasteiger partial charge in [-0.15, -0.1) is 12.6 Å². The van der Waals surface area contributed by atoms with E-state index in [4.69, 9.17) is 15.5 Å². The van der Waals surface area contributed by atoms with Crippen molar-refractivity contribution in [3.8, 4) is 0 Å². The zero-order chi connectivity index (χ0) is 11.0. The summed E-state index contributed by atoms with van der Waals surface area (Å²) in [5, 5.41) is 17.8. The van der Waals surface area contributed by atoms with Crippen molar-refractivity contribution in [2.24, 2.45) is 0 Å². The summed E-state index contributed by atoms with van der Waals surface area (Å²) in [7, 11) is -1.95. The van der Waals surface area contributed by atoms with E-state index >= 15 is 0 Å². The maximum absolute atomic E-state index is 8.88. The number of thiol groups is 1. The van der Waals surface area contributed by atoms with Crippen LogP contribution in [0.25, 0.3) is 0 Å². The van der Waals surface area contributed by atoms with Crippen LogP contribution in [-0.4, -0.2) is 17.2 Å². The van der Waals surface area contributed by atoms with Crippen LogP contribution in [0.3, 0.4) is 0 Å². The molecule has 0 amide bonds. The van der Waals surface area contributed by atoms with Crippen LogP contribution in [0, 0.1) is 0 Å². The molecule has 0 fully saturated rings. The summed E-state index contributed by atoms with van der Waals surface area (Å²) in [5.41, 5.74) is -0.306. The van der Waals surface area contributed by atoms with Crippen LogP contribution in [0.5, 0.6) is 0 Å². The highest BCUT2D eigenvalue weighted by atomic mass is 32.1. The minimum absolute atomic E-state index is 0.147. The molecule has 52 valence electrons. The first-order chi connectivity index (χ1) is 6.37. The van der Waals surface area contributed by atoms with Crippen LogP contribution in [0.4, 0.5) is 0 Å². The largest absolute Gasteiger partial charge is 0.489 e. The van der Waals surface area contributed by atoms with Gasteiger partial charge in [-0.1, -0.05) is 18.1 Å². The minimum atomic E-state index is -1.95. The second-order valence-corrected chi connectivity index (χ2v) is 2.08. The third-order valence-electron chi connectivity index (χ3n) is 0.954. The third kappa shape index (κ3) is 1.53. The van der Waals surface area contributed by atoms with Crippen LogP contribution in [0.1, 0.15) is 5.48 Å². The Morgan fingerprint density at radius 3 is 2.60 bits per heavy atom. The Bertz CT molecular complexity index is 356. The topological polar surface area (TPSA) is 40.5 Å². The Labute approximate surface area is 70.7 Å². The van der Waals surface area contributed by atoms with Gasteiger partial charge in [0.1, 0.15) is 0 Å². The maximum Gasteiger partial charge on any atom is 0.489 e. The molecule has 1 rings (SSSR count). The van der Waals surface area contributed by atoms with Crippen LogP contribution in [0.15, 0.2) is 29.1 Å². The van der Waals surface area contributed by atoms with Crippen molar-refractivity contribution in [3.63, 3.8) is 0 Å². The van der Waals surface area contributed by atoms with Gasteiger partial charge in [0.05, 0.1) is 5.48 Å². The second kappa shape index (κ2) is 3.10. The highest BCUT2D eigenvalue weighted by Gasteiger charge is 2.12. The van der Waals surface area contributed by atoms with Crippen molar-refractivity contribution in [1.29, 1.82) is 0 Å². The zero-order valence-electron chi connectivity index (χ0n) is 8.92. The Balaban J connectivity index is 3.60. The zero-order valence-corrected chi connectivity index (χ0v) is 5.81. The van der Waals surface area contributed by atoms with Crippen molar-refractivity contribution in [3.05, 3.63) is 24.2 Å². The molecule has 1 aromatic carbocycles. The van der Waals surface area contributed by atoms with Gasteiger partial charge in [0.2, 0.25) is 0 Å². The fourth-order valence-corrected chi connectivity index (χ4v) is 0.730. The lowest BCUT2D eigenvalue weighted by Gasteiger charge is -2.00. The summed E-state index contributed by atoms with van der Waals surface area (Å²) in [6.07, 6.45) is 0. The van der Waals surface area contributed by atoms with Gasteiger partial charge in [-0.3, -0.25) is 0 Å². The molecule has 10 heavy (non-hydrogen) atoms. The molecule has 0 aliphatic heterocycles. The van der Waals surface area contributed by atoms with E-state index < -0.39 is 25.2 Å². The summed E-state index contributed by atoms with van der Waals surface area (Å²) < 4.78 is 29.2. The van der Waals surface area contributed by atoms with Gasteiger partial charge < -0.3 is 10.0 Å². The molecule has 0 radical (unpaired) electrons. The minimum Gasteiger partial charge on any atom is -0.423 e. The molecule has 0 atom stereocenters. The summed E-state index contributed by atoms with van der Waals surface area (Å²) >= 11 is 3.81. The quantitative estimate of drug-likeness (QED) is 0.386. The van der Waals surface area contributed by atoms with E-state index in [0.29, 0.717) is 0 Å². The molecule has 0 spiro atoms. The molecule has 4 heteroatoms. The van der Waals surface area contributed by atoms with Crippen molar-refractivity contribution in [2.45, 2.75) is 4.90 Å². The fourth-order valence-electron chi connectivity index (χ4n) is 0.502. The van der Waals surface area contributed by atoms with Gasteiger partial charge in [-0.25, -0.2) is 0 Å². The van der Waals surface area contributed by atoms with E-state index in [1.54, 1.807) is 0 Å². The Morgan fingerprint density at radius 2 is 2.00 bits per heavy atom. The van der Waals surface area contributed by atoms with Gasteiger partial charge in [0, 0.05) is 4.90 Å². The lowest BCUT2D eigenvalue weighted by atomic mass is 9.80. The van der Waals surface area contributed by atoms with Crippen molar-refractivity contribution >= 4 is 25.2 Å². The lowest BCUT2D eigenvalue weighted by Crippen LogP contribution is -2.30. The summed E-state index contributed by atoms with van der Waals surface area (Å²) in [5.74, 6) is 0. The monoisotopic (exact) mass is 158 g/mol. The molecular formula is C6H7BO2S. The first kappa shape index (κ1) is 3.81. The van der Waals surface area contributed by atoms with Crippen LogP contribution >= 0.6 is 12.6 Å². The summed E-state index contributed by atoms with van der Waals surface area (Å²) in [6.45, 7) is 0. The predicted molar refractivity (Wildman–Crippen MR) is 43.5 cm³/mol. The second-order valence-electron chi connectivity index (χ2n) is 1.64. The predicted octanol–water partition coefficient (Wildman–Crippen LogP) is -0.345. The SMILES string of the molecule is [2H]c1c([2H])c([2H])c(B(O)O)c(S)c1[2H]. The standard InChI is InChI=1S/C6H7BO2S/c8-7(9)5-3-1-2-4-6(5)10/h1-4,8-10H/i1D,2D,3D,4D. The molecular weight excluding hydrogens is 147 g/mol. The molecule has 0 aliphatic rings. The van der Waals surface area contributed by atoms with Gasteiger partial charge >= 0.3 is 7.12 Å². The maximum atomic E-state index is 8.88. The number of hydrogen-bond acceptors (Lipinski definition) is 3. The average Bonchev–Trinajstić information content (AvgIpc) is 2.11. The molecule has 0 saturated heterocycles. The van der Waals surface area contributed by atoms with Gasteiger partial charge in [-0.2, -0.15) is 0 Å². The first-order valence-corrected chi connectivity index (χ1v) is 2.98.